The number of aliphatic hydroxyl groups is 1. The number of aryl methyl sites for hydroxylation is 1. The first-order chi connectivity index (χ1) is 7.31. The van der Waals surface area contributed by atoms with E-state index in [1.807, 2.05) is 30.8 Å². The molecule has 1 aliphatic rings. The summed E-state index contributed by atoms with van der Waals surface area (Å²) in [5.74, 6) is 3.41. The minimum atomic E-state index is 0.0783. The lowest BCUT2D eigenvalue weighted by molar-refractivity contribution is 0.280. The van der Waals surface area contributed by atoms with Crippen LogP contribution in [-0.2, 0) is 6.61 Å². The molecule has 2 heterocycles. The number of nitrogens with zero attached hydrogens (tertiary/aromatic N) is 2. The van der Waals surface area contributed by atoms with E-state index in [1.54, 1.807) is 0 Å². The van der Waals surface area contributed by atoms with E-state index in [0.717, 1.165) is 30.2 Å². The van der Waals surface area contributed by atoms with E-state index >= 15 is 0 Å². The van der Waals surface area contributed by atoms with E-state index in [-0.39, 0.29) is 6.61 Å². The zero-order chi connectivity index (χ0) is 10.7. The number of pyridine rings is 1. The van der Waals surface area contributed by atoms with Crippen LogP contribution in [0.5, 0.6) is 0 Å². The Kier molecular flexibility index (Phi) is 3.49. The number of anilines is 1. The molecule has 0 saturated carbocycles. The molecule has 1 N–H and O–H groups in total. The van der Waals surface area contributed by atoms with Crippen molar-refractivity contribution in [3.8, 4) is 0 Å². The van der Waals surface area contributed by atoms with Crippen LogP contribution < -0.4 is 4.90 Å². The zero-order valence-corrected chi connectivity index (χ0v) is 9.76. The van der Waals surface area contributed by atoms with Crippen LogP contribution in [0.3, 0.4) is 0 Å². The van der Waals surface area contributed by atoms with Crippen LogP contribution in [-0.4, -0.2) is 34.7 Å². The molecule has 0 radical (unpaired) electrons. The molecule has 2 rings (SSSR count). The molecule has 0 spiro atoms. The SMILES string of the molecule is Cc1nc(N2CCSCC2)ccc1CO. The lowest BCUT2D eigenvalue weighted by Crippen LogP contribution is -2.33. The largest absolute Gasteiger partial charge is 0.392 e. The minimum absolute atomic E-state index is 0.0783. The predicted molar refractivity (Wildman–Crippen MR) is 64.4 cm³/mol. The third-order valence-corrected chi connectivity index (χ3v) is 3.63. The molecule has 0 unspecified atom stereocenters. The van der Waals surface area contributed by atoms with Crippen molar-refractivity contribution in [2.45, 2.75) is 13.5 Å². The van der Waals surface area contributed by atoms with Crippen molar-refractivity contribution in [3.63, 3.8) is 0 Å². The summed E-state index contributed by atoms with van der Waals surface area (Å²) in [5, 5.41) is 9.06. The van der Waals surface area contributed by atoms with Crippen LogP contribution in [0.4, 0.5) is 5.82 Å². The Morgan fingerprint density at radius 2 is 2.13 bits per heavy atom. The first-order valence-electron chi connectivity index (χ1n) is 5.21. The fourth-order valence-electron chi connectivity index (χ4n) is 1.71. The Balaban J connectivity index is 2.17. The van der Waals surface area contributed by atoms with Gasteiger partial charge in [0.05, 0.1) is 6.61 Å². The number of hydrogen-bond acceptors (Lipinski definition) is 4. The topological polar surface area (TPSA) is 36.4 Å². The summed E-state index contributed by atoms with van der Waals surface area (Å²) in [6, 6.07) is 3.98. The van der Waals surface area contributed by atoms with E-state index in [1.165, 1.54) is 11.5 Å². The van der Waals surface area contributed by atoms with E-state index < -0.39 is 0 Å². The van der Waals surface area contributed by atoms with Crippen molar-refractivity contribution in [1.29, 1.82) is 0 Å². The fourth-order valence-corrected chi connectivity index (χ4v) is 2.62. The number of hydrogen-bond donors (Lipinski definition) is 1. The molecule has 1 aromatic heterocycles. The van der Waals surface area contributed by atoms with Gasteiger partial charge in [0.15, 0.2) is 0 Å². The molecule has 0 aromatic carbocycles. The van der Waals surface area contributed by atoms with Crippen molar-refractivity contribution < 1.29 is 5.11 Å². The maximum absolute atomic E-state index is 9.06. The molecule has 0 aliphatic carbocycles. The third-order valence-electron chi connectivity index (χ3n) is 2.69. The van der Waals surface area contributed by atoms with Gasteiger partial charge in [-0.2, -0.15) is 11.8 Å². The maximum atomic E-state index is 9.06. The quantitative estimate of drug-likeness (QED) is 0.824. The van der Waals surface area contributed by atoms with Gasteiger partial charge in [0.1, 0.15) is 5.82 Å². The average molecular weight is 224 g/mol. The minimum Gasteiger partial charge on any atom is -0.392 e. The highest BCUT2D eigenvalue weighted by Gasteiger charge is 2.12. The van der Waals surface area contributed by atoms with Crippen LogP contribution in [0.25, 0.3) is 0 Å². The van der Waals surface area contributed by atoms with Crippen molar-refractivity contribution in [1.82, 2.24) is 4.98 Å². The second-order valence-corrected chi connectivity index (χ2v) is 4.90. The van der Waals surface area contributed by atoms with Gasteiger partial charge >= 0.3 is 0 Å². The van der Waals surface area contributed by atoms with E-state index in [9.17, 15) is 0 Å². The molecule has 1 aromatic rings. The van der Waals surface area contributed by atoms with Crippen molar-refractivity contribution in [2.75, 3.05) is 29.5 Å². The Bertz CT molecular complexity index is 337. The Morgan fingerprint density at radius 3 is 2.73 bits per heavy atom. The molecule has 0 bridgehead atoms. The lowest BCUT2D eigenvalue weighted by atomic mass is 10.2. The van der Waals surface area contributed by atoms with Crippen LogP contribution in [0.2, 0.25) is 0 Å². The lowest BCUT2D eigenvalue weighted by Gasteiger charge is -2.27. The maximum Gasteiger partial charge on any atom is 0.128 e. The average Bonchev–Trinajstić information content (AvgIpc) is 2.30. The van der Waals surface area contributed by atoms with Gasteiger partial charge in [0.25, 0.3) is 0 Å². The molecule has 82 valence electrons. The molecule has 4 heteroatoms. The second kappa shape index (κ2) is 4.86. The molecular weight excluding hydrogens is 208 g/mol. The summed E-state index contributed by atoms with van der Waals surface area (Å²) >= 11 is 2.00. The molecule has 0 amide bonds. The summed E-state index contributed by atoms with van der Waals surface area (Å²) in [5.41, 5.74) is 1.86. The van der Waals surface area contributed by atoms with Crippen molar-refractivity contribution in [2.24, 2.45) is 0 Å². The van der Waals surface area contributed by atoms with Gasteiger partial charge in [0, 0.05) is 30.3 Å². The molecule has 0 atom stereocenters. The van der Waals surface area contributed by atoms with Crippen molar-refractivity contribution in [3.05, 3.63) is 23.4 Å². The van der Waals surface area contributed by atoms with Crippen LogP contribution >= 0.6 is 11.8 Å². The highest BCUT2D eigenvalue weighted by Crippen LogP contribution is 2.18. The molecule has 1 fully saturated rings. The molecule has 15 heavy (non-hydrogen) atoms. The first-order valence-corrected chi connectivity index (χ1v) is 6.37. The number of aliphatic hydroxyl groups excluding tert-OH is 1. The van der Waals surface area contributed by atoms with Gasteiger partial charge in [0.2, 0.25) is 0 Å². The van der Waals surface area contributed by atoms with Gasteiger partial charge < -0.3 is 10.0 Å². The summed E-state index contributed by atoms with van der Waals surface area (Å²) in [6.07, 6.45) is 0. The highest BCUT2D eigenvalue weighted by atomic mass is 32.2. The number of rotatable bonds is 2. The van der Waals surface area contributed by atoms with Crippen molar-refractivity contribution >= 4 is 17.6 Å². The van der Waals surface area contributed by atoms with E-state index in [4.69, 9.17) is 5.11 Å². The van der Waals surface area contributed by atoms with Gasteiger partial charge in [-0.05, 0) is 18.6 Å². The molecule has 1 saturated heterocycles. The van der Waals surface area contributed by atoms with Gasteiger partial charge in [-0.3, -0.25) is 0 Å². The summed E-state index contributed by atoms with van der Waals surface area (Å²) in [6.45, 7) is 4.19. The Labute approximate surface area is 94.5 Å². The highest BCUT2D eigenvalue weighted by molar-refractivity contribution is 7.99. The normalized spacial score (nSPS) is 16.8. The predicted octanol–water partition coefficient (Wildman–Crippen LogP) is 1.44. The number of aromatic nitrogens is 1. The second-order valence-electron chi connectivity index (χ2n) is 3.67. The summed E-state index contributed by atoms with van der Waals surface area (Å²) < 4.78 is 0. The number of thioether (sulfide) groups is 1. The Hall–Kier alpha value is -0.740. The zero-order valence-electron chi connectivity index (χ0n) is 8.94. The van der Waals surface area contributed by atoms with Crippen LogP contribution in [0.15, 0.2) is 12.1 Å². The van der Waals surface area contributed by atoms with Crippen LogP contribution in [0, 0.1) is 6.92 Å². The smallest absolute Gasteiger partial charge is 0.128 e. The summed E-state index contributed by atoms with van der Waals surface area (Å²) in [4.78, 5) is 6.83. The van der Waals surface area contributed by atoms with Gasteiger partial charge in [-0.25, -0.2) is 4.98 Å². The van der Waals surface area contributed by atoms with Crippen LogP contribution in [0.1, 0.15) is 11.3 Å². The monoisotopic (exact) mass is 224 g/mol. The Morgan fingerprint density at radius 1 is 1.40 bits per heavy atom. The summed E-state index contributed by atoms with van der Waals surface area (Å²) in [7, 11) is 0. The molecule has 3 nitrogen and oxygen atoms in total. The van der Waals surface area contributed by atoms with E-state index in [2.05, 4.69) is 9.88 Å². The standard InChI is InChI=1S/C11H16N2OS/c1-9-10(8-14)2-3-11(12-9)13-4-6-15-7-5-13/h2-3,14H,4-8H2,1H3. The third kappa shape index (κ3) is 2.44. The molecular formula is C11H16N2OS. The van der Waals surface area contributed by atoms with Gasteiger partial charge in [-0.15, -0.1) is 0 Å². The molecule has 1 aliphatic heterocycles. The fraction of sp³-hybridized carbons (Fsp3) is 0.545. The first kappa shape index (κ1) is 10.8. The van der Waals surface area contributed by atoms with Gasteiger partial charge in [-0.1, -0.05) is 6.07 Å². The van der Waals surface area contributed by atoms with E-state index in [0.29, 0.717) is 0 Å².